The summed E-state index contributed by atoms with van der Waals surface area (Å²) in [6, 6.07) is 15.8. The summed E-state index contributed by atoms with van der Waals surface area (Å²) in [6.45, 7) is 6.91. The molecule has 0 aromatic carbocycles. The Kier molecular flexibility index (Phi) is 15.0. The zero-order valence-electron chi connectivity index (χ0n) is 25.7. The number of pyridine rings is 3. The van der Waals surface area contributed by atoms with Gasteiger partial charge in [-0.3, -0.25) is 38.7 Å². The first kappa shape index (κ1) is 39.2. The first-order chi connectivity index (χ1) is 21.1. The molecule has 14 nitrogen and oxygen atoms in total. The summed E-state index contributed by atoms with van der Waals surface area (Å²) >= 11 is 0. The molecule has 0 saturated carbocycles. The zero-order valence-corrected chi connectivity index (χ0v) is 26.6. The summed E-state index contributed by atoms with van der Waals surface area (Å²) in [7, 11) is 0. The van der Waals surface area contributed by atoms with Gasteiger partial charge in [0.05, 0.1) is 33.6 Å². The van der Waals surface area contributed by atoms with E-state index in [9.17, 15) is 28.8 Å². The van der Waals surface area contributed by atoms with Crippen LogP contribution in [0.1, 0.15) is 53.4 Å². The second-order valence-corrected chi connectivity index (χ2v) is 9.77. The van der Waals surface area contributed by atoms with Crippen LogP contribution in [0.3, 0.4) is 0 Å². The van der Waals surface area contributed by atoms with Crippen molar-refractivity contribution in [2.45, 2.75) is 53.4 Å². The molecule has 247 valence electrons. The summed E-state index contributed by atoms with van der Waals surface area (Å²) in [6.07, 6.45) is 5.00. The maximum absolute atomic E-state index is 11.4. The Morgan fingerprint density at radius 2 is 0.913 bits per heavy atom. The van der Waals surface area contributed by atoms with E-state index in [1.807, 2.05) is 65.2 Å². The van der Waals surface area contributed by atoms with Gasteiger partial charge in [0.25, 0.3) is 0 Å². The molecular weight excluding hydrogens is 646 g/mol. The smallest absolute Gasteiger partial charge is 0.412 e. The van der Waals surface area contributed by atoms with Crippen LogP contribution in [-0.2, 0) is 36.2 Å². The average molecular weight is 681 g/mol. The van der Waals surface area contributed by atoms with E-state index in [0.717, 1.165) is 22.8 Å². The van der Waals surface area contributed by atoms with Crippen molar-refractivity contribution >= 4 is 35.7 Å². The van der Waals surface area contributed by atoms with Crippen LogP contribution in [0.4, 0.5) is 9.59 Å². The van der Waals surface area contributed by atoms with Gasteiger partial charge in [0.1, 0.15) is 0 Å². The van der Waals surface area contributed by atoms with E-state index in [0.29, 0.717) is 25.7 Å². The van der Waals surface area contributed by atoms with Gasteiger partial charge in [-0.15, -0.1) is 0 Å². The molecule has 2 saturated heterocycles. The van der Waals surface area contributed by atoms with Crippen molar-refractivity contribution in [1.82, 2.24) is 25.6 Å². The summed E-state index contributed by atoms with van der Waals surface area (Å²) in [4.78, 5) is 80.0. The number of carbonyl (C=O) groups is 6. The number of nitrogens with zero attached hydrogens (tertiary/aromatic N) is 5. The maximum atomic E-state index is 11.4. The fourth-order valence-corrected chi connectivity index (χ4v) is 4.58. The molecule has 2 aliphatic rings. The minimum absolute atomic E-state index is 0. The van der Waals surface area contributed by atoms with Crippen LogP contribution in [0.2, 0.25) is 0 Å². The Bertz CT molecular complexity index is 1380. The number of nitrogens with one attached hydrogen (secondary N) is 2. The van der Waals surface area contributed by atoms with Gasteiger partial charge in [0.15, 0.2) is 35.7 Å². The van der Waals surface area contributed by atoms with E-state index in [4.69, 9.17) is 0 Å². The summed E-state index contributed by atoms with van der Waals surface area (Å²) in [5, 5.41) is 10.5. The molecule has 0 atom stereocenters. The number of hydrogen-bond donors (Lipinski definition) is 2. The van der Waals surface area contributed by atoms with Gasteiger partial charge in [0.2, 0.25) is 0 Å². The van der Waals surface area contributed by atoms with Crippen molar-refractivity contribution in [1.29, 1.82) is 0 Å². The van der Waals surface area contributed by atoms with Crippen LogP contribution in [0, 0.1) is 10.8 Å². The zero-order chi connectivity index (χ0) is 32.3. The van der Waals surface area contributed by atoms with E-state index in [1.54, 1.807) is 40.1 Å². The Hall–Kier alpha value is -4.85. The molecular formula is C31H35CuN7O7. The SMILES string of the molecule is CCC1(CC)C(=O)[N-]C(=O)NC1=O.CCC1(CC)C(=O)[N-]C(=O)NC1=O.O.[Cu+2].c1ccc(-c2cccc(-c3ccccn3)n2)nc1. The predicted molar refractivity (Wildman–Crippen MR) is 164 cm³/mol. The molecule has 8 amide bonds. The monoisotopic (exact) mass is 680 g/mol. The van der Waals surface area contributed by atoms with Crippen LogP contribution in [-0.4, -0.2) is 56.1 Å². The van der Waals surface area contributed by atoms with Gasteiger partial charge >= 0.3 is 17.1 Å². The van der Waals surface area contributed by atoms with Crippen LogP contribution >= 0.6 is 0 Å². The molecule has 0 unspecified atom stereocenters. The van der Waals surface area contributed by atoms with Crippen molar-refractivity contribution in [2.24, 2.45) is 10.8 Å². The number of barbiturate groups is 2. The molecule has 0 bridgehead atoms. The Morgan fingerprint density at radius 1 is 0.565 bits per heavy atom. The number of rotatable bonds is 6. The number of hydrogen-bond acceptors (Lipinski definition) is 9. The largest absolute Gasteiger partial charge is 2.00 e. The third kappa shape index (κ3) is 8.65. The van der Waals surface area contributed by atoms with Gasteiger partial charge in [-0.1, -0.05) is 45.9 Å². The van der Waals surface area contributed by atoms with Crippen LogP contribution in [0.25, 0.3) is 33.4 Å². The standard InChI is InChI=1S/C15H11N3.2C8H12N2O3.Cu.H2O/c1-3-10-16-12(6-1)14-8-5-9-15(18-14)13-7-2-4-11-17-13;2*1-3-8(4-2)5(11)9-7(13)10-6(8)12;;/h1-11H;2*3-4H2,1-2H3,(H2,9,10,11,12,13);;1H2/q;;;+2;/p-2. The second kappa shape index (κ2) is 17.6. The first-order valence-corrected chi connectivity index (χ1v) is 14.1. The minimum atomic E-state index is -1.12. The molecule has 5 rings (SSSR count). The summed E-state index contributed by atoms with van der Waals surface area (Å²) < 4.78 is 0. The molecule has 2 fully saturated rings. The predicted octanol–water partition coefficient (Wildman–Crippen LogP) is 4.26. The maximum Gasteiger partial charge on any atom is 2.00 e. The fourth-order valence-electron chi connectivity index (χ4n) is 4.58. The Labute approximate surface area is 276 Å². The van der Waals surface area contributed by atoms with Crippen molar-refractivity contribution < 1.29 is 51.3 Å². The second-order valence-electron chi connectivity index (χ2n) is 9.77. The topological polar surface area (TPSA) is 225 Å². The Morgan fingerprint density at radius 3 is 1.20 bits per heavy atom. The third-order valence-corrected chi connectivity index (χ3v) is 7.55. The minimum Gasteiger partial charge on any atom is -0.412 e. The number of urea groups is 2. The molecule has 15 heteroatoms. The summed E-state index contributed by atoms with van der Waals surface area (Å²) in [5.74, 6) is -2.29. The van der Waals surface area contributed by atoms with Gasteiger partial charge < -0.3 is 26.7 Å². The van der Waals surface area contributed by atoms with E-state index in [2.05, 4.69) is 25.6 Å². The van der Waals surface area contributed by atoms with Crippen LogP contribution in [0.15, 0.2) is 67.0 Å². The van der Waals surface area contributed by atoms with E-state index < -0.39 is 46.5 Å². The molecule has 0 aliphatic carbocycles. The molecule has 5 heterocycles. The van der Waals surface area contributed by atoms with E-state index >= 15 is 0 Å². The molecule has 0 spiro atoms. The number of carbonyl (C=O) groups excluding carboxylic acids is 6. The number of amides is 8. The van der Waals surface area contributed by atoms with Crippen molar-refractivity contribution in [2.75, 3.05) is 0 Å². The van der Waals surface area contributed by atoms with Crippen molar-refractivity contribution in [3.63, 3.8) is 0 Å². The van der Waals surface area contributed by atoms with Gasteiger partial charge in [-0.25, -0.2) is 4.98 Å². The first-order valence-electron chi connectivity index (χ1n) is 14.1. The number of aromatic nitrogens is 3. The van der Waals surface area contributed by atoms with Crippen molar-refractivity contribution in [3.8, 4) is 22.8 Å². The van der Waals surface area contributed by atoms with Gasteiger partial charge in [-0.05, 0) is 62.1 Å². The molecule has 1 radical (unpaired) electrons. The fraction of sp³-hybridized carbons (Fsp3) is 0.323. The molecule has 2 aliphatic heterocycles. The molecule has 3 aromatic heterocycles. The Balaban J connectivity index is 0.000000345. The molecule has 3 aromatic rings. The van der Waals surface area contributed by atoms with Gasteiger partial charge in [0, 0.05) is 12.4 Å². The quantitative estimate of drug-likeness (QED) is 0.280. The van der Waals surface area contributed by atoms with Crippen molar-refractivity contribution in [3.05, 3.63) is 77.6 Å². The molecule has 4 N–H and O–H groups in total. The normalized spacial score (nSPS) is 15.8. The molecule has 46 heavy (non-hydrogen) atoms. The van der Waals surface area contributed by atoms with E-state index in [-0.39, 0.29) is 22.5 Å². The van der Waals surface area contributed by atoms with Crippen LogP contribution in [0.5, 0.6) is 0 Å². The van der Waals surface area contributed by atoms with Gasteiger partial charge in [-0.2, -0.15) is 0 Å². The van der Waals surface area contributed by atoms with Crippen LogP contribution < -0.4 is 10.6 Å². The summed E-state index contributed by atoms with van der Waals surface area (Å²) in [5.41, 5.74) is 1.23. The van der Waals surface area contributed by atoms with E-state index in [1.165, 1.54) is 0 Å². The average Bonchev–Trinajstić information content (AvgIpc) is 3.03. The third-order valence-electron chi connectivity index (χ3n) is 7.55. The number of imide groups is 4.